The first kappa shape index (κ1) is 16.5. The average Bonchev–Trinajstić information content (AvgIpc) is 2.33. The first-order valence-corrected chi connectivity index (χ1v) is 7.88. The molecule has 1 aliphatic carbocycles. The topological polar surface area (TPSA) is 26.3 Å². The van der Waals surface area contributed by atoms with Crippen LogP contribution < -0.4 is 0 Å². The number of halogens is 1. The summed E-state index contributed by atoms with van der Waals surface area (Å²) >= 11 is 3.62. The van der Waals surface area contributed by atoms with Gasteiger partial charge in [-0.1, -0.05) is 46.2 Å². The molecule has 0 aromatic heterocycles. The van der Waals surface area contributed by atoms with Crippen LogP contribution >= 0.6 is 15.9 Å². The number of hydrogen-bond donors (Lipinski definition) is 0. The smallest absolute Gasteiger partial charge is 0.323 e. The highest BCUT2D eigenvalue weighted by Gasteiger charge is 2.43. The minimum absolute atomic E-state index is 0.123. The van der Waals surface area contributed by atoms with Gasteiger partial charge in [0.05, 0.1) is 6.61 Å². The molecular formula is C16H25BrO2. The number of ether oxygens (including phenoxy) is 1. The van der Waals surface area contributed by atoms with E-state index in [0.717, 1.165) is 25.7 Å². The van der Waals surface area contributed by atoms with Gasteiger partial charge < -0.3 is 4.74 Å². The summed E-state index contributed by atoms with van der Waals surface area (Å²) in [5.41, 5.74) is 2.83. The second-order valence-corrected chi connectivity index (χ2v) is 6.93. The van der Waals surface area contributed by atoms with Gasteiger partial charge in [0.2, 0.25) is 0 Å². The van der Waals surface area contributed by atoms with E-state index in [0.29, 0.717) is 6.61 Å². The number of rotatable bonds is 5. The zero-order valence-electron chi connectivity index (χ0n) is 12.5. The Bertz CT molecular complexity index is 380. The SMILES string of the molecule is CCOC(=O)[C@@]1(Br)CCC(CCC=C(C)C)=C[C@H]1C. The van der Waals surface area contributed by atoms with Crippen molar-refractivity contribution in [3.63, 3.8) is 0 Å². The zero-order chi connectivity index (χ0) is 14.5. The van der Waals surface area contributed by atoms with E-state index in [1.165, 1.54) is 11.1 Å². The van der Waals surface area contributed by atoms with E-state index in [4.69, 9.17) is 4.74 Å². The van der Waals surface area contributed by atoms with Gasteiger partial charge in [-0.25, -0.2) is 0 Å². The van der Waals surface area contributed by atoms with Gasteiger partial charge in [-0.3, -0.25) is 4.79 Å². The van der Waals surface area contributed by atoms with Gasteiger partial charge in [0.1, 0.15) is 4.32 Å². The highest BCUT2D eigenvalue weighted by atomic mass is 79.9. The summed E-state index contributed by atoms with van der Waals surface area (Å²) in [7, 11) is 0. The first-order valence-electron chi connectivity index (χ1n) is 7.09. The summed E-state index contributed by atoms with van der Waals surface area (Å²) < 4.78 is 4.65. The van der Waals surface area contributed by atoms with Crippen molar-refractivity contribution in [2.75, 3.05) is 6.61 Å². The van der Waals surface area contributed by atoms with Crippen LogP contribution in [0.5, 0.6) is 0 Å². The second-order valence-electron chi connectivity index (χ2n) is 5.52. The van der Waals surface area contributed by atoms with Crippen molar-refractivity contribution >= 4 is 21.9 Å². The minimum Gasteiger partial charge on any atom is -0.465 e. The molecule has 0 spiro atoms. The van der Waals surface area contributed by atoms with Crippen LogP contribution in [0.15, 0.2) is 23.3 Å². The molecule has 0 bridgehead atoms. The van der Waals surface area contributed by atoms with Crippen LogP contribution in [0, 0.1) is 5.92 Å². The molecule has 19 heavy (non-hydrogen) atoms. The maximum absolute atomic E-state index is 12.0. The van der Waals surface area contributed by atoms with Crippen LogP contribution in [0.1, 0.15) is 53.4 Å². The molecule has 1 aliphatic rings. The predicted molar refractivity (Wildman–Crippen MR) is 83.4 cm³/mol. The fourth-order valence-electron chi connectivity index (χ4n) is 2.43. The van der Waals surface area contributed by atoms with E-state index in [9.17, 15) is 4.79 Å². The Hall–Kier alpha value is -0.570. The highest BCUT2D eigenvalue weighted by molar-refractivity contribution is 9.10. The van der Waals surface area contributed by atoms with E-state index >= 15 is 0 Å². The number of carbonyl (C=O) groups is 1. The lowest BCUT2D eigenvalue weighted by Crippen LogP contribution is -2.41. The lowest BCUT2D eigenvalue weighted by molar-refractivity contribution is -0.147. The Morgan fingerprint density at radius 2 is 2.26 bits per heavy atom. The molecule has 2 nitrogen and oxygen atoms in total. The second kappa shape index (κ2) is 7.28. The Morgan fingerprint density at radius 3 is 2.79 bits per heavy atom. The van der Waals surface area contributed by atoms with Crippen LogP contribution in [0.25, 0.3) is 0 Å². The van der Waals surface area contributed by atoms with Crippen LogP contribution in [0.3, 0.4) is 0 Å². The predicted octanol–water partition coefficient (Wildman–Crippen LogP) is 4.79. The molecule has 108 valence electrons. The Kier molecular flexibility index (Phi) is 6.31. The molecule has 2 atom stereocenters. The number of allylic oxidation sites excluding steroid dienone is 4. The van der Waals surface area contributed by atoms with Gasteiger partial charge in [-0.05, 0) is 46.5 Å². The Labute approximate surface area is 125 Å². The molecule has 0 amide bonds. The van der Waals surface area contributed by atoms with Gasteiger partial charge in [0.25, 0.3) is 0 Å². The van der Waals surface area contributed by atoms with E-state index in [1.54, 1.807) is 0 Å². The molecule has 0 unspecified atom stereocenters. The number of alkyl halides is 1. The van der Waals surface area contributed by atoms with Crippen LogP contribution in [0.4, 0.5) is 0 Å². The summed E-state index contributed by atoms with van der Waals surface area (Å²) in [6, 6.07) is 0. The highest BCUT2D eigenvalue weighted by Crippen LogP contribution is 2.41. The van der Waals surface area contributed by atoms with Crippen LogP contribution in [-0.2, 0) is 9.53 Å². The zero-order valence-corrected chi connectivity index (χ0v) is 14.0. The van der Waals surface area contributed by atoms with E-state index < -0.39 is 4.32 Å². The third kappa shape index (κ3) is 4.48. The summed E-state index contributed by atoms with van der Waals surface area (Å²) in [5, 5.41) is 0. The molecule has 0 fully saturated rings. The fourth-order valence-corrected chi connectivity index (χ4v) is 2.88. The summed E-state index contributed by atoms with van der Waals surface area (Å²) in [6.07, 6.45) is 8.51. The molecule has 3 heteroatoms. The van der Waals surface area contributed by atoms with Crippen LogP contribution in [0.2, 0.25) is 0 Å². The summed E-state index contributed by atoms with van der Waals surface area (Å²) in [6.45, 7) is 8.63. The molecule has 0 saturated carbocycles. The summed E-state index contributed by atoms with van der Waals surface area (Å²) in [4.78, 5) is 12.0. The molecule has 0 radical (unpaired) electrons. The molecule has 0 N–H and O–H groups in total. The maximum Gasteiger partial charge on any atom is 0.323 e. The molecule has 0 aromatic rings. The number of esters is 1. The molecule has 0 heterocycles. The lowest BCUT2D eigenvalue weighted by atomic mass is 9.80. The van der Waals surface area contributed by atoms with Crippen molar-refractivity contribution in [2.24, 2.45) is 5.92 Å². The third-order valence-corrected chi connectivity index (χ3v) is 5.09. The van der Waals surface area contributed by atoms with Gasteiger partial charge in [-0.15, -0.1) is 0 Å². The van der Waals surface area contributed by atoms with E-state index in [2.05, 4.69) is 48.9 Å². The molecular weight excluding hydrogens is 304 g/mol. The standard InChI is InChI=1S/C16H25BrO2/c1-5-19-15(18)16(17)10-9-14(11-13(16)4)8-6-7-12(2)3/h7,11,13H,5-6,8-10H2,1-4H3/t13-,16-/m1/s1. The van der Waals surface area contributed by atoms with Crippen LogP contribution in [-0.4, -0.2) is 16.9 Å². The molecule has 1 rings (SSSR count). The van der Waals surface area contributed by atoms with Gasteiger partial charge >= 0.3 is 5.97 Å². The van der Waals surface area contributed by atoms with Crippen molar-refractivity contribution in [1.82, 2.24) is 0 Å². The normalized spacial score (nSPS) is 26.6. The fraction of sp³-hybridized carbons (Fsp3) is 0.688. The largest absolute Gasteiger partial charge is 0.465 e. The third-order valence-electron chi connectivity index (χ3n) is 3.65. The van der Waals surface area contributed by atoms with E-state index in [1.807, 2.05) is 6.92 Å². The van der Waals surface area contributed by atoms with E-state index in [-0.39, 0.29) is 11.9 Å². The van der Waals surface area contributed by atoms with Crippen molar-refractivity contribution in [3.8, 4) is 0 Å². The molecule has 0 aliphatic heterocycles. The van der Waals surface area contributed by atoms with Gasteiger partial charge in [0, 0.05) is 5.92 Å². The van der Waals surface area contributed by atoms with Crippen molar-refractivity contribution in [2.45, 2.75) is 57.7 Å². The van der Waals surface area contributed by atoms with Gasteiger partial charge in [-0.2, -0.15) is 0 Å². The summed E-state index contributed by atoms with van der Waals surface area (Å²) in [5.74, 6) is 0.0594. The van der Waals surface area contributed by atoms with Crippen molar-refractivity contribution < 1.29 is 9.53 Å². The lowest BCUT2D eigenvalue weighted by Gasteiger charge is -2.34. The molecule has 0 saturated heterocycles. The van der Waals surface area contributed by atoms with Gasteiger partial charge in [0.15, 0.2) is 0 Å². The minimum atomic E-state index is -0.525. The first-order chi connectivity index (χ1) is 8.90. The number of carbonyl (C=O) groups excluding carboxylic acids is 1. The molecule has 0 aromatic carbocycles. The number of hydrogen-bond acceptors (Lipinski definition) is 2. The average molecular weight is 329 g/mol. The quantitative estimate of drug-likeness (QED) is 0.412. The Balaban J connectivity index is 2.65. The maximum atomic E-state index is 12.0. The van der Waals surface area contributed by atoms with Crippen molar-refractivity contribution in [3.05, 3.63) is 23.3 Å². The monoisotopic (exact) mass is 328 g/mol. The van der Waals surface area contributed by atoms with Crippen molar-refractivity contribution in [1.29, 1.82) is 0 Å². The Morgan fingerprint density at radius 1 is 1.58 bits per heavy atom.